The summed E-state index contributed by atoms with van der Waals surface area (Å²) in [4.78, 5) is 12.4. The largest absolute Gasteiger partial charge is 0.368 e. The van der Waals surface area contributed by atoms with Crippen molar-refractivity contribution in [3.63, 3.8) is 0 Å². The van der Waals surface area contributed by atoms with E-state index < -0.39 is 0 Å². The standard InChI is InChI=1S/C30H51N3.C4H8O.C4H10/c1-6-7-18-29(27-16-11-13-23(2)20-27)28-17-12-19-33(22-28)25(4)32-30(21-31-5)24(3)26-14-9-8-10-15-26;1-3-4(2)5;1-3-4-2/h11,13,16,20,24,26,28-32H,4,6-10,12,14-15,17-19,21-22H2,1-3,5H3;3H2,1-2H3;3-4H2,1-2H3/t24-,28+,29-,30+;;/m0../s1. The van der Waals surface area contributed by atoms with Crippen molar-refractivity contribution in [2.75, 3.05) is 26.7 Å². The summed E-state index contributed by atoms with van der Waals surface area (Å²) in [6.07, 6.45) is 16.9. The van der Waals surface area contributed by atoms with E-state index in [2.05, 4.69) is 88.0 Å². The first-order chi connectivity index (χ1) is 20.2. The van der Waals surface area contributed by atoms with Crippen LogP contribution in [0.4, 0.5) is 0 Å². The molecule has 42 heavy (non-hydrogen) atoms. The highest BCUT2D eigenvalue weighted by molar-refractivity contribution is 5.74. The van der Waals surface area contributed by atoms with Gasteiger partial charge in [0, 0.05) is 32.1 Å². The molecule has 1 heterocycles. The first kappa shape index (κ1) is 38.2. The highest BCUT2D eigenvalue weighted by Gasteiger charge is 2.31. The third-order valence-corrected chi connectivity index (χ3v) is 9.55. The Morgan fingerprint density at radius 3 is 2.19 bits per heavy atom. The molecule has 1 aliphatic carbocycles. The SMILES string of the molecule is C=C(N[C@H](CNC)[C@@H](C)C1CCCCC1)N1CCC[C@@H]([C@@H](CCCC)c2cccc(C)c2)C1.CCC(C)=O.CCCC. The van der Waals surface area contributed by atoms with E-state index in [-0.39, 0.29) is 5.78 Å². The van der Waals surface area contributed by atoms with Gasteiger partial charge in [0.05, 0.1) is 5.82 Å². The van der Waals surface area contributed by atoms with Crippen LogP contribution < -0.4 is 10.6 Å². The summed E-state index contributed by atoms with van der Waals surface area (Å²) in [7, 11) is 2.09. The maximum Gasteiger partial charge on any atom is 0.129 e. The minimum Gasteiger partial charge on any atom is -0.368 e. The van der Waals surface area contributed by atoms with Gasteiger partial charge >= 0.3 is 0 Å². The predicted octanol–water partition coefficient (Wildman–Crippen LogP) is 9.64. The molecule has 2 N–H and O–H groups in total. The van der Waals surface area contributed by atoms with Crippen molar-refractivity contribution in [3.8, 4) is 0 Å². The number of carbonyl (C=O) groups is 1. The van der Waals surface area contributed by atoms with Crippen molar-refractivity contribution in [2.45, 2.75) is 144 Å². The average Bonchev–Trinajstić information content (AvgIpc) is 3.01. The van der Waals surface area contributed by atoms with E-state index in [1.165, 1.54) is 82.6 Å². The molecule has 242 valence electrons. The van der Waals surface area contributed by atoms with Crippen LogP contribution in [0.3, 0.4) is 0 Å². The summed E-state index contributed by atoms with van der Waals surface area (Å²) < 4.78 is 0. The number of nitrogens with one attached hydrogen (secondary N) is 2. The van der Waals surface area contributed by atoms with Gasteiger partial charge in [-0.2, -0.15) is 0 Å². The van der Waals surface area contributed by atoms with E-state index in [1.54, 1.807) is 12.5 Å². The van der Waals surface area contributed by atoms with Crippen LogP contribution in [0.25, 0.3) is 0 Å². The van der Waals surface area contributed by atoms with Gasteiger partial charge in [0.25, 0.3) is 0 Å². The molecular formula is C38H69N3O. The number of nitrogens with zero attached hydrogens (tertiary/aromatic N) is 1. The Balaban J connectivity index is 0.000000856. The van der Waals surface area contributed by atoms with Crippen molar-refractivity contribution in [1.29, 1.82) is 0 Å². The lowest BCUT2D eigenvalue weighted by atomic mass is 9.77. The summed E-state index contributed by atoms with van der Waals surface area (Å²) in [5, 5.41) is 7.36. The Hall–Kier alpha value is -1.81. The second-order valence-electron chi connectivity index (χ2n) is 13.1. The lowest BCUT2D eigenvalue weighted by Gasteiger charge is -2.42. The molecule has 1 saturated carbocycles. The fourth-order valence-electron chi connectivity index (χ4n) is 6.46. The molecule has 0 radical (unpaired) electrons. The molecule has 1 saturated heterocycles. The molecule has 1 aliphatic heterocycles. The quantitative estimate of drug-likeness (QED) is 0.229. The first-order valence-electron chi connectivity index (χ1n) is 17.6. The number of likely N-dealkylation sites (tertiary alicyclic amines) is 1. The number of unbranched alkanes of at least 4 members (excludes halogenated alkanes) is 2. The van der Waals surface area contributed by atoms with E-state index >= 15 is 0 Å². The van der Waals surface area contributed by atoms with Crippen molar-refractivity contribution in [1.82, 2.24) is 15.5 Å². The van der Waals surface area contributed by atoms with Gasteiger partial charge in [-0.3, -0.25) is 0 Å². The van der Waals surface area contributed by atoms with E-state index in [1.807, 2.05) is 6.92 Å². The zero-order chi connectivity index (χ0) is 31.3. The van der Waals surface area contributed by atoms with Crippen LogP contribution in [0, 0.1) is 24.7 Å². The zero-order valence-electron chi connectivity index (χ0n) is 29.1. The molecular weight excluding hydrogens is 514 g/mol. The van der Waals surface area contributed by atoms with Gasteiger partial charge in [-0.15, -0.1) is 0 Å². The van der Waals surface area contributed by atoms with Gasteiger partial charge in [-0.05, 0) is 69.4 Å². The topological polar surface area (TPSA) is 44.4 Å². The summed E-state index contributed by atoms with van der Waals surface area (Å²) in [6.45, 7) is 22.7. The summed E-state index contributed by atoms with van der Waals surface area (Å²) in [5.74, 6) is 4.32. The normalized spacial score (nSPS) is 19.3. The first-order valence-corrected chi connectivity index (χ1v) is 17.6. The maximum atomic E-state index is 9.81. The van der Waals surface area contributed by atoms with Crippen molar-refractivity contribution in [3.05, 3.63) is 47.8 Å². The third kappa shape index (κ3) is 14.6. The summed E-state index contributed by atoms with van der Waals surface area (Å²) in [5.41, 5.74) is 2.94. The Morgan fingerprint density at radius 1 is 1.00 bits per heavy atom. The number of ketones is 1. The highest BCUT2D eigenvalue weighted by atomic mass is 16.1. The van der Waals surface area contributed by atoms with Crippen molar-refractivity contribution in [2.24, 2.45) is 17.8 Å². The molecule has 0 amide bonds. The van der Waals surface area contributed by atoms with Gasteiger partial charge in [0.1, 0.15) is 5.78 Å². The molecule has 2 fully saturated rings. The number of carbonyl (C=O) groups excluding carboxylic acids is 1. The molecule has 0 bridgehead atoms. The molecule has 1 aromatic carbocycles. The van der Waals surface area contributed by atoms with Crippen LogP contribution in [0.5, 0.6) is 0 Å². The number of piperidine rings is 1. The molecule has 0 spiro atoms. The van der Waals surface area contributed by atoms with E-state index in [4.69, 9.17) is 0 Å². The highest BCUT2D eigenvalue weighted by Crippen LogP contribution is 2.37. The fourth-order valence-corrected chi connectivity index (χ4v) is 6.46. The van der Waals surface area contributed by atoms with Gasteiger partial charge < -0.3 is 20.3 Å². The summed E-state index contributed by atoms with van der Waals surface area (Å²) >= 11 is 0. The molecule has 4 atom stereocenters. The summed E-state index contributed by atoms with van der Waals surface area (Å²) in [6, 6.07) is 9.74. The van der Waals surface area contributed by atoms with Crippen LogP contribution >= 0.6 is 0 Å². The molecule has 2 aliphatic rings. The zero-order valence-corrected chi connectivity index (χ0v) is 29.1. The molecule has 3 rings (SSSR count). The molecule has 0 unspecified atom stereocenters. The number of aryl methyl sites for hydroxylation is 1. The molecule has 1 aromatic rings. The lowest BCUT2D eigenvalue weighted by Crippen LogP contribution is -2.49. The minimum atomic E-state index is 0.255. The maximum absolute atomic E-state index is 9.81. The Kier molecular flexibility index (Phi) is 20.6. The Labute approximate surface area is 261 Å². The van der Waals surface area contributed by atoms with E-state index in [9.17, 15) is 4.79 Å². The second kappa shape index (κ2) is 22.7. The monoisotopic (exact) mass is 584 g/mol. The second-order valence-corrected chi connectivity index (χ2v) is 13.1. The number of rotatable bonds is 14. The van der Waals surface area contributed by atoms with Crippen LogP contribution in [0.1, 0.15) is 142 Å². The molecule has 0 aromatic heterocycles. The van der Waals surface area contributed by atoms with Crippen molar-refractivity contribution >= 4 is 5.78 Å². The van der Waals surface area contributed by atoms with Crippen LogP contribution in [-0.2, 0) is 4.79 Å². The van der Waals surface area contributed by atoms with Gasteiger partial charge in [0.15, 0.2) is 0 Å². The van der Waals surface area contributed by atoms with Gasteiger partial charge in [0.2, 0.25) is 0 Å². The number of hydrogen-bond donors (Lipinski definition) is 2. The average molecular weight is 584 g/mol. The molecule has 4 heteroatoms. The van der Waals surface area contributed by atoms with Gasteiger partial charge in [-0.25, -0.2) is 0 Å². The van der Waals surface area contributed by atoms with E-state index in [0.29, 0.717) is 30.2 Å². The smallest absolute Gasteiger partial charge is 0.129 e. The van der Waals surface area contributed by atoms with Crippen molar-refractivity contribution < 1.29 is 4.79 Å². The van der Waals surface area contributed by atoms with Crippen LogP contribution in [0.2, 0.25) is 0 Å². The molecule has 4 nitrogen and oxygen atoms in total. The predicted molar refractivity (Wildman–Crippen MR) is 185 cm³/mol. The van der Waals surface area contributed by atoms with Crippen LogP contribution in [-0.4, -0.2) is 43.4 Å². The Bertz CT molecular complexity index is 844. The Morgan fingerprint density at radius 2 is 1.64 bits per heavy atom. The lowest BCUT2D eigenvalue weighted by molar-refractivity contribution is -0.116. The number of hydrogen-bond acceptors (Lipinski definition) is 4. The number of Topliss-reactive ketones (excluding diaryl/α,β-unsaturated/α-hetero) is 1. The number of benzene rings is 1. The fraction of sp³-hybridized carbons (Fsp3) is 0.763. The van der Waals surface area contributed by atoms with Gasteiger partial charge in [-0.1, -0.05) is 129 Å². The minimum absolute atomic E-state index is 0.255. The number of likely N-dealkylation sites (N-methyl/N-ethyl adjacent to an activating group) is 1. The van der Waals surface area contributed by atoms with Crippen LogP contribution in [0.15, 0.2) is 36.7 Å². The third-order valence-electron chi connectivity index (χ3n) is 9.55. The van der Waals surface area contributed by atoms with E-state index in [0.717, 1.165) is 31.4 Å².